The highest BCUT2D eigenvalue weighted by atomic mass is 32.2. The van der Waals surface area contributed by atoms with Gasteiger partial charge >= 0.3 is 0 Å². The molecule has 0 aromatic rings. The van der Waals surface area contributed by atoms with Crippen LogP contribution in [-0.2, 0) is 0 Å². The first-order valence-corrected chi connectivity index (χ1v) is 8.04. The molecule has 1 nitrogen and oxygen atoms in total. The molecule has 1 aliphatic carbocycles. The van der Waals surface area contributed by atoms with Gasteiger partial charge in [0, 0.05) is 19.1 Å². The van der Waals surface area contributed by atoms with Crippen LogP contribution in [0.4, 0.5) is 0 Å². The number of aliphatic hydroxyl groups excluding tert-OH is 1. The Labute approximate surface area is 121 Å². The molecule has 0 aromatic carbocycles. The van der Waals surface area contributed by atoms with Crippen molar-refractivity contribution in [1.29, 1.82) is 0 Å². The molecule has 104 valence electrons. The molecule has 1 unspecified atom stereocenters. The summed E-state index contributed by atoms with van der Waals surface area (Å²) in [5.74, 6) is 0.446. The molecule has 0 amide bonds. The fourth-order valence-corrected chi connectivity index (χ4v) is 5.17. The van der Waals surface area contributed by atoms with Crippen LogP contribution in [0.5, 0.6) is 0 Å². The Morgan fingerprint density at radius 2 is 1.67 bits per heavy atom. The molecular formula is C15H26OS2. The minimum atomic E-state index is 0.0814. The summed E-state index contributed by atoms with van der Waals surface area (Å²) in [5.41, 5.74) is 0. The van der Waals surface area contributed by atoms with E-state index in [9.17, 15) is 5.11 Å². The third kappa shape index (κ3) is 5.31. The molecule has 0 saturated carbocycles. The lowest BCUT2D eigenvalue weighted by Crippen LogP contribution is -2.28. The monoisotopic (exact) mass is 286 g/mol. The molecule has 0 aromatic heterocycles. The van der Waals surface area contributed by atoms with Gasteiger partial charge in [-0.25, -0.2) is 0 Å². The van der Waals surface area contributed by atoms with E-state index in [1.807, 2.05) is 17.8 Å². The molecule has 0 aliphatic heterocycles. The predicted molar refractivity (Wildman–Crippen MR) is 86.5 cm³/mol. The second-order valence-corrected chi connectivity index (χ2v) is 11.3. The SMILES string of the molecule is CC(C)(C)SC1=C(O)C=CC(C)(SC(C)(C)C)C1. The van der Waals surface area contributed by atoms with Crippen molar-refractivity contribution in [2.45, 2.75) is 69.1 Å². The Hall–Kier alpha value is -0.0200. The van der Waals surface area contributed by atoms with Gasteiger partial charge in [-0.05, 0) is 19.4 Å². The Kier molecular flexibility index (Phi) is 4.60. The normalized spacial score (nSPS) is 25.7. The van der Waals surface area contributed by atoms with E-state index in [1.54, 1.807) is 11.8 Å². The fraction of sp³-hybridized carbons (Fsp3) is 0.733. The summed E-state index contributed by atoms with van der Waals surface area (Å²) in [6, 6.07) is 0. The average Bonchev–Trinajstić information content (AvgIpc) is 2.05. The summed E-state index contributed by atoms with van der Waals surface area (Å²) < 4.78 is 0.448. The van der Waals surface area contributed by atoms with Crippen LogP contribution in [0, 0.1) is 0 Å². The van der Waals surface area contributed by atoms with Gasteiger partial charge in [0.25, 0.3) is 0 Å². The topological polar surface area (TPSA) is 20.2 Å². The van der Waals surface area contributed by atoms with Gasteiger partial charge < -0.3 is 5.11 Å². The molecule has 0 bridgehead atoms. The van der Waals surface area contributed by atoms with Crippen LogP contribution in [0.25, 0.3) is 0 Å². The van der Waals surface area contributed by atoms with E-state index in [4.69, 9.17) is 0 Å². The third-order valence-corrected chi connectivity index (χ3v) is 4.93. The Balaban J connectivity index is 2.86. The third-order valence-electron chi connectivity index (χ3n) is 2.36. The van der Waals surface area contributed by atoms with Crippen molar-refractivity contribution in [2.24, 2.45) is 0 Å². The highest BCUT2D eigenvalue weighted by Gasteiger charge is 2.33. The number of hydrogen-bond donors (Lipinski definition) is 1. The van der Waals surface area contributed by atoms with Crippen molar-refractivity contribution in [2.75, 3.05) is 0 Å². The molecule has 0 spiro atoms. The number of allylic oxidation sites excluding steroid dienone is 2. The standard InChI is InChI=1S/C15H26OS2/c1-13(2,3)17-12-10-15(7,9-8-11(12)16)18-14(4,5)6/h8-9,16H,10H2,1-7H3. The lowest BCUT2D eigenvalue weighted by Gasteiger charge is -2.36. The molecule has 1 rings (SSSR count). The highest BCUT2D eigenvalue weighted by molar-refractivity contribution is 8.04. The summed E-state index contributed by atoms with van der Waals surface area (Å²) in [7, 11) is 0. The molecule has 0 saturated heterocycles. The first-order chi connectivity index (χ1) is 7.90. The first kappa shape index (κ1) is 16.0. The molecule has 3 heteroatoms. The number of thioether (sulfide) groups is 2. The van der Waals surface area contributed by atoms with Gasteiger partial charge in [-0.15, -0.1) is 23.5 Å². The Morgan fingerprint density at radius 1 is 1.11 bits per heavy atom. The zero-order valence-corrected chi connectivity index (χ0v) is 14.3. The summed E-state index contributed by atoms with van der Waals surface area (Å²) in [6.07, 6.45) is 4.93. The van der Waals surface area contributed by atoms with Gasteiger partial charge in [0.05, 0.1) is 0 Å². The molecule has 0 fully saturated rings. The van der Waals surface area contributed by atoms with E-state index in [0.717, 1.165) is 11.3 Å². The maximum absolute atomic E-state index is 10.0. The quantitative estimate of drug-likeness (QED) is 0.720. The number of aliphatic hydroxyl groups is 1. The van der Waals surface area contributed by atoms with E-state index in [0.29, 0.717) is 5.76 Å². The molecule has 1 N–H and O–H groups in total. The molecule has 1 aliphatic rings. The predicted octanol–water partition coefficient (Wildman–Crippen LogP) is 5.54. The van der Waals surface area contributed by atoms with Crippen LogP contribution < -0.4 is 0 Å². The maximum Gasteiger partial charge on any atom is 0.124 e. The van der Waals surface area contributed by atoms with Crippen LogP contribution in [0.2, 0.25) is 0 Å². The van der Waals surface area contributed by atoms with Crippen LogP contribution in [0.3, 0.4) is 0 Å². The van der Waals surface area contributed by atoms with E-state index in [2.05, 4.69) is 54.5 Å². The average molecular weight is 287 g/mol. The van der Waals surface area contributed by atoms with Gasteiger partial charge in [-0.1, -0.05) is 47.6 Å². The number of hydrogen-bond acceptors (Lipinski definition) is 3. The molecule has 0 radical (unpaired) electrons. The first-order valence-electron chi connectivity index (χ1n) is 6.41. The highest BCUT2D eigenvalue weighted by Crippen LogP contribution is 2.48. The molecular weight excluding hydrogens is 260 g/mol. The number of rotatable bonds is 2. The van der Waals surface area contributed by atoms with E-state index < -0.39 is 0 Å². The van der Waals surface area contributed by atoms with Crippen molar-refractivity contribution < 1.29 is 5.11 Å². The van der Waals surface area contributed by atoms with Gasteiger partial charge in [-0.3, -0.25) is 0 Å². The molecule has 18 heavy (non-hydrogen) atoms. The smallest absolute Gasteiger partial charge is 0.124 e. The summed E-state index contributed by atoms with van der Waals surface area (Å²) in [4.78, 5) is 1.12. The van der Waals surface area contributed by atoms with Crippen molar-refractivity contribution in [1.82, 2.24) is 0 Å². The minimum absolute atomic E-state index is 0.0814. The van der Waals surface area contributed by atoms with Crippen LogP contribution in [0.1, 0.15) is 54.9 Å². The summed E-state index contributed by atoms with van der Waals surface area (Å²) >= 11 is 3.75. The van der Waals surface area contributed by atoms with Gasteiger partial charge in [0.2, 0.25) is 0 Å². The Bertz CT molecular complexity index is 369. The largest absolute Gasteiger partial charge is 0.507 e. The van der Waals surface area contributed by atoms with Gasteiger partial charge in [0.15, 0.2) is 0 Å². The van der Waals surface area contributed by atoms with Crippen LogP contribution in [0.15, 0.2) is 22.8 Å². The van der Waals surface area contributed by atoms with Crippen molar-refractivity contribution in [3.63, 3.8) is 0 Å². The second kappa shape index (κ2) is 5.16. The summed E-state index contributed by atoms with van der Waals surface area (Å²) in [6.45, 7) is 15.5. The molecule has 1 atom stereocenters. The lowest BCUT2D eigenvalue weighted by atomic mass is 10.0. The minimum Gasteiger partial charge on any atom is -0.507 e. The maximum atomic E-state index is 10.0. The summed E-state index contributed by atoms with van der Waals surface area (Å²) in [5, 5.41) is 10.0. The van der Waals surface area contributed by atoms with Gasteiger partial charge in [0.1, 0.15) is 5.76 Å². The fourth-order valence-electron chi connectivity index (χ4n) is 2.04. The van der Waals surface area contributed by atoms with E-state index >= 15 is 0 Å². The van der Waals surface area contributed by atoms with Crippen molar-refractivity contribution in [3.8, 4) is 0 Å². The van der Waals surface area contributed by atoms with Crippen LogP contribution in [-0.4, -0.2) is 19.3 Å². The lowest BCUT2D eigenvalue weighted by molar-refractivity contribution is 0.421. The zero-order valence-electron chi connectivity index (χ0n) is 12.6. The van der Waals surface area contributed by atoms with Crippen molar-refractivity contribution >= 4 is 23.5 Å². The van der Waals surface area contributed by atoms with E-state index in [1.165, 1.54) is 0 Å². The zero-order chi connectivity index (χ0) is 14.2. The van der Waals surface area contributed by atoms with Crippen LogP contribution >= 0.6 is 23.5 Å². The second-order valence-electron chi connectivity index (χ2n) is 7.06. The van der Waals surface area contributed by atoms with Crippen molar-refractivity contribution in [3.05, 3.63) is 22.8 Å². The van der Waals surface area contributed by atoms with Gasteiger partial charge in [-0.2, -0.15) is 0 Å². The van der Waals surface area contributed by atoms with E-state index in [-0.39, 0.29) is 14.2 Å². The molecule has 0 heterocycles. The Morgan fingerprint density at radius 3 is 2.11 bits per heavy atom.